The molecule has 182 valence electrons. The van der Waals surface area contributed by atoms with Crippen LogP contribution in [-0.4, -0.2) is 67.0 Å². The Labute approximate surface area is 196 Å². The Morgan fingerprint density at radius 1 is 1.17 bits per heavy atom. The number of nitrogens with one attached hydrogen (secondary N) is 2. The Morgan fingerprint density at radius 3 is 2.51 bits per heavy atom. The molecule has 6 N–H and O–H groups in total. The second kappa shape index (κ2) is 10.8. The van der Waals surface area contributed by atoms with Gasteiger partial charge in [-0.3, -0.25) is 24.2 Å². The van der Waals surface area contributed by atoms with Crippen molar-refractivity contribution in [1.29, 1.82) is 0 Å². The summed E-state index contributed by atoms with van der Waals surface area (Å²) in [7, 11) is 0. The monoisotopic (exact) mass is 483 g/mol. The smallest absolute Gasteiger partial charge is 0.326 e. The second-order valence-electron chi connectivity index (χ2n) is 7.38. The molecule has 3 aromatic rings. The van der Waals surface area contributed by atoms with Crippen LogP contribution in [0.15, 0.2) is 35.3 Å². The molecule has 1 aromatic carbocycles. The van der Waals surface area contributed by atoms with Crippen LogP contribution in [0.5, 0.6) is 0 Å². The van der Waals surface area contributed by atoms with E-state index in [9.17, 15) is 29.1 Å². The highest BCUT2D eigenvalue weighted by molar-refractivity contribution is 5.97. The summed E-state index contributed by atoms with van der Waals surface area (Å²) in [5.41, 5.74) is 6.10. The lowest BCUT2D eigenvalue weighted by atomic mass is 10.1. The number of aromatic amines is 1. The minimum Gasteiger partial charge on any atom is -0.481 e. The number of amides is 2. The number of nitrogens with two attached hydrogens (primary N) is 1. The van der Waals surface area contributed by atoms with Gasteiger partial charge < -0.3 is 26.2 Å². The Bertz CT molecular complexity index is 1320. The zero-order valence-corrected chi connectivity index (χ0v) is 18.2. The summed E-state index contributed by atoms with van der Waals surface area (Å²) in [6.45, 7) is 0.186. The number of aromatic nitrogens is 4. The maximum Gasteiger partial charge on any atom is 0.326 e. The van der Waals surface area contributed by atoms with E-state index in [2.05, 4.69) is 25.3 Å². The number of aliphatic carboxylic acids is 2. The number of H-pyrrole nitrogens is 1. The van der Waals surface area contributed by atoms with Crippen LogP contribution in [0.4, 0.5) is 11.6 Å². The zero-order valence-electron chi connectivity index (χ0n) is 18.2. The molecule has 0 aliphatic rings. The van der Waals surface area contributed by atoms with Crippen molar-refractivity contribution in [3.8, 4) is 0 Å². The topological polar surface area (TPSA) is 222 Å². The third-order valence-corrected chi connectivity index (χ3v) is 4.93. The summed E-state index contributed by atoms with van der Waals surface area (Å²) in [6, 6.07) is 4.46. The molecule has 14 nitrogen and oxygen atoms in total. The van der Waals surface area contributed by atoms with E-state index in [1.165, 1.54) is 35.4 Å². The average molecular weight is 483 g/mol. The van der Waals surface area contributed by atoms with Crippen LogP contribution < -0.4 is 21.5 Å². The Kier molecular flexibility index (Phi) is 7.66. The third kappa shape index (κ3) is 6.34. The molecule has 2 amide bonds. The van der Waals surface area contributed by atoms with E-state index in [-0.39, 0.29) is 42.1 Å². The van der Waals surface area contributed by atoms with Crippen molar-refractivity contribution in [2.45, 2.75) is 25.3 Å². The molecule has 0 saturated carbocycles. The molecule has 0 spiro atoms. The van der Waals surface area contributed by atoms with E-state index in [0.29, 0.717) is 17.8 Å². The Hall–Kier alpha value is -4.88. The first kappa shape index (κ1) is 24.8. The number of fused-ring (bicyclic) bond motifs is 1. The van der Waals surface area contributed by atoms with Crippen LogP contribution in [0.25, 0.3) is 11.2 Å². The molecule has 35 heavy (non-hydrogen) atoms. The summed E-state index contributed by atoms with van der Waals surface area (Å²) in [5.74, 6) is -3.29. The number of carbonyl (C=O) groups is 4. The SMILES string of the molecule is Nc1nc2ncc(CCN(C=O)c3ccc(C(=O)N[C@@H](CCC(=O)O)C(=O)O)cc3)nc2c(=O)[nH]1. The van der Waals surface area contributed by atoms with Crippen molar-refractivity contribution in [2.24, 2.45) is 0 Å². The van der Waals surface area contributed by atoms with Crippen LogP contribution >= 0.6 is 0 Å². The number of hydrogen-bond acceptors (Lipinski definition) is 9. The number of benzene rings is 1. The number of hydrogen-bond donors (Lipinski definition) is 5. The van der Waals surface area contributed by atoms with Gasteiger partial charge in [0, 0.05) is 30.6 Å². The summed E-state index contributed by atoms with van der Waals surface area (Å²) >= 11 is 0. The number of carbonyl (C=O) groups excluding carboxylic acids is 2. The Morgan fingerprint density at radius 2 is 1.89 bits per heavy atom. The molecule has 14 heteroatoms. The summed E-state index contributed by atoms with van der Waals surface area (Å²) in [4.78, 5) is 73.8. The van der Waals surface area contributed by atoms with Gasteiger partial charge in [0.25, 0.3) is 11.5 Å². The highest BCUT2D eigenvalue weighted by Crippen LogP contribution is 2.15. The van der Waals surface area contributed by atoms with Crippen LogP contribution in [0, 0.1) is 0 Å². The second-order valence-corrected chi connectivity index (χ2v) is 7.38. The molecule has 2 aromatic heterocycles. The minimum atomic E-state index is -1.35. The van der Waals surface area contributed by atoms with E-state index in [1.54, 1.807) is 0 Å². The molecular formula is C21H21N7O7. The number of carboxylic acid groups (broad SMARTS) is 2. The predicted octanol–water partition coefficient (Wildman–Crippen LogP) is -0.451. The highest BCUT2D eigenvalue weighted by Gasteiger charge is 2.21. The molecule has 0 aliphatic heterocycles. The van der Waals surface area contributed by atoms with Crippen molar-refractivity contribution in [3.05, 3.63) is 52.1 Å². The molecule has 0 radical (unpaired) electrons. The lowest BCUT2D eigenvalue weighted by Gasteiger charge is -2.18. The number of anilines is 2. The first-order valence-electron chi connectivity index (χ1n) is 10.3. The number of nitrogen functional groups attached to an aromatic ring is 1. The maximum atomic E-state index is 12.4. The van der Waals surface area contributed by atoms with Gasteiger partial charge in [-0.15, -0.1) is 0 Å². The fourth-order valence-electron chi connectivity index (χ4n) is 3.14. The van der Waals surface area contributed by atoms with Crippen molar-refractivity contribution in [2.75, 3.05) is 17.2 Å². The molecule has 0 fully saturated rings. The van der Waals surface area contributed by atoms with Gasteiger partial charge in [-0.2, -0.15) is 4.98 Å². The fraction of sp³-hybridized carbons (Fsp3) is 0.238. The molecule has 0 saturated heterocycles. The van der Waals surface area contributed by atoms with Gasteiger partial charge >= 0.3 is 11.9 Å². The van der Waals surface area contributed by atoms with E-state index < -0.39 is 35.9 Å². The molecule has 1 atom stereocenters. The van der Waals surface area contributed by atoms with E-state index >= 15 is 0 Å². The highest BCUT2D eigenvalue weighted by atomic mass is 16.4. The molecule has 3 rings (SSSR count). The Balaban J connectivity index is 1.66. The van der Waals surface area contributed by atoms with Gasteiger partial charge in [0.15, 0.2) is 11.2 Å². The van der Waals surface area contributed by atoms with Gasteiger partial charge in [0.2, 0.25) is 12.4 Å². The van der Waals surface area contributed by atoms with E-state index in [0.717, 1.165) is 0 Å². The number of nitrogens with zero attached hydrogens (tertiary/aromatic N) is 4. The summed E-state index contributed by atoms with van der Waals surface area (Å²) < 4.78 is 0. The lowest BCUT2D eigenvalue weighted by molar-refractivity contribution is -0.140. The van der Waals surface area contributed by atoms with Gasteiger partial charge in [-0.25, -0.2) is 14.8 Å². The summed E-state index contributed by atoms with van der Waals surface area (Å²) in [5, 5.41) is 20.2. The van der Waals surface area contributed by atoms with Crippen LogP contribution in [0.1, 0.15) is 28.9 Å². The molecule has 0 bridgehead atoms. The largest absolute Gasteiger partial charge is 0.481 e. The minimum absolute atomic E-state index is 0.0211. The molecule has 0 unspecified atom stereocenters. The zero-order chi connectivity index (χ0) is 25.5. The van der Waals surface area contributed by atoms with Crippen molar-refractivity contribution < 1.29 is 29.4 Å². The van der Waals surface area contributed by atoms with Crippen molar-refractivity contribution >= 4 is 47.1 Å². The van der Waals surface area contributed by atoms with Crippen molar-refractivity contribution in [3.63, 3.8) is 0 Å². The quantitative estimate of drug-likeness (QED) is 0.220. The van der Waals surface area contributed by atoms with Crippen LogP contribution in [0.2, 0.25) is 0 Å². The molecule has 2 heterocycles. The predicted molar refractivity (Wildman–Crippen MR) is 122 cm³/mol. The van der Waals surface area contributed by atoms with Gasteiger partial charge in [0.1, 0.15) is 6.04 Å². The summed E-state index contributed by atoms with van der Waals surface area (Å²) in [6.07, 6.45) is 1.60. The normalized spacial score (nSPS) is 11.5. The lowest BCUT2D eigenvalue weighted by Crippen LogP contribution is -2.41. The maximum absolute atomic E-state index is 12.4. The van der Waals surface area contributed by atoms with Gasteiger partial charge in [-0.1, -0.05) is 0 Å². The molecular weight excluding hydrogens is 462 g/mol. The first-order valence-corrected chi connectivity index (χ1v) is 10.3. The van der Waals surface area contributed by atoms with E-state index in [1.807, 2.05) is 0 Å². The molecule has 0 aliphatic carbocycles. The third-order valence-electron chi connectivity index (χ3n) is 4.93. The first-order chi connectivity index (χ1) is 16.7. The number of rotatable bonds is 11. The van der Waals surface area contributed by atoms with E-state index in [4.69, 9.17) is 10.8 Å². The van der Waals surface area contributed by atoms with Crippen LogP contribution in [0.3, 0.4) is 0 Å². The standard InChI is InChI=1S/C21H21N7O7/c22-21-26-17-16(19(33)27-21)24-12(9-23-17)7-8-28(10-29)13-3-1-11(2-4-13)18(32)25-14(20(34)35)5-6-15(30)31/h1-4,9-10,14H,5-8H2,(H,25,32)(H,30,31)(H,34,35)(H3,22,23,26,27,33)/t14-/m0/s1. The average Bonchev–Trinajstić information content (AvgIpc) is 2.82. The fourth-order valence-corrected chi connectivity index (χ4v) is 3.14. The van der Waals surface area contributed by atoms with Crippen molar-refractivity contribution in [1.82, 2.24) is 25.3 Å². The van der Waals surface area contributed by atoms with Gasteiger partial charge in [0.05, 0.1) is 11.9 Å². The van der Waals surface area contributed by atoms with Crippen LogP contribution in [-0.2, 0) is 20.8 Å². The van der Waals surface area contributed by atoms with Gasteiger partial charge in [-0.05, 0) is 30.7 Å². The number of carboxylic acids is 2.